The van der Waals surface area contributed by atoms with Gasteiger partial charge in [0.15, 0.2) is 0 Å². The van der Waals surface area contributed by atoms with E-state index in [4.69, 9.17) is 0 Å². The molecule has 0 spiro atoms. The highest BCUT2D eigenvalue weighted by atomic mass is 16.2. The van der Waals surface area contributed by atoms with Crippen molar-refractivity contribution >= 4 is 11.8 Å². The van der Waals surface area contributed by atoms with Crippen LogP contribution in [0.1, 0.15) is 37.8 Å². The molecule has 1 aromatic carbocycles. The lowest BCUT2D eigenvalue weighted by Gasteiger charge is -2.42. The Bertz CT molecular complexity index is 569. The number of likely N-dealkylation sites (tertiary alicyclic amines) is 1. The number of nitrogens with zero attached hydrogens (tertiary/aromatic N) is 3. The third-order valence-corrected chi connectivity index (χ3v) is 5.17. The van der Waals surface area contributed by atoms with Gasteiger partial charge in [-0.1, -0.05) is 30.3 Å². The third kappa shape index (κ3) is 3.96. The summed E-state index contributed by atoms with van der Waals surface area (Å²) < 4.78 is 0. The minimum atomic E-state index is 0.0950. The van der Waals surface area contributed by atoms with Gasteiger partial charge in [-0.15, -0.1) is 0 Å². The molecular weight excluding hydrogens is 302 g/mol. The van der Waals surface area contributed by atoms with Crippen molar-refractivity contribution in [1.82, 2.24) is 14.7 Å². The lowest BCUT2D eigenvalue weighted by molar-refractivity contribution is -0.136. The van der Waals surface area contributed by atoms with Gasteiger partial charge >= 0.3 is 0 Å². The second-order valence-corrected chi connectivity index (χ2v) is 6.80. The summed E-state index contributed by atoms with van der Waals surface area (Å²) in [7, 11) is 0. The molecule has 0 N–H and O–H groups in total. The van der Waals surface area contributed by atoms with Crippen LogP contribution in [0.3, 0.4) is 0 Å². The lowest BCUT2D eigenvalue weighted by atomic mass is 10.0. The molecule has 0 unspecified atom stereocenters. The highest BCUT2D eigenvalue weighted by molar-refractivity contribution is 5.78. The molecule has 2 aliphatic rings. The fourth-order valence-electron chi connectivity index (χ4n) is 3.70. The first-order valence-electron chi connectivity index (χ1n) is 8.97. The van der Waals surface area contributed by atoms with Gasteiger partial charge in [-0.25, -0.2) is 0 Å². The van der Waals surface area contributed by atoms with E-state index in [0.717, 1.165) is 32.5 Å². The van der Waals surface area contributed by atoms with E-state index in [1.807, 2.05) is 28.0 Å². The predicted molar refractivity (Wildman–Crippen MR) is 93.4 cm³/mol. The van der Waals surface area contributed by atoms with E-state index < -0.39 is 0 Å². The molecule has 1 atom stereocenters. The molecule has 0 saturated carbocycles. The van der Waals surface area contributed by atoms with Crippen LogP contribution >= 0.6 is 0 Å². The number of rotatable bonds is 3. The van der Waals surface area contributed by atoms with Crippen molar-refractivity contribution in [3.63, 3.8) is 0 Å². The molecule has 0 radical (unpaired) electrons. The van der Waals surface area contributed by atoms with Gasteiger partial charge in [0, 0.05) is 39.6 Å². The van der Waals surface area contributed by atoms with Crippen molar-refractivity contribution < 1.29 is 9.59 Å². The summed E-state index contributed by atoms with van der Waals surface area (Å²) in [5.74, 6) is 0.338. The van der Waals surface area contributed by atoms with Gasteiger partial charge in [-0.2, -0.15) is 0 Å². The molecule has 24 heavy (non-hydrogen) atoms. The van der Waals surface area contributed by atoms with Crippen LogP contribution in [0.25, 0.3) is 0 Å². The number of carbonyl (C=O) groups is 2. The van der Waals surface area contributed by atoms with Crippen LogP contribution in [-0.4, -0.2) is 65.8 Å². The fraction of sp³-hybridized carbons (Fsp3) is 0.579. The molecule has 0 aliphatic carbocycles. The molecule has 2 saturated heterocycles. The molecule has 3 rings (SSSR count). The van der Waals surface area contributed by atoms with E-state index in [0.29, 0.717) is 19.6 Å². The second-order valence-electron chi connectivity index (χ2n) is 6.80. The molecule has 1 aromatic rings. The molecule has 130 valence electrons. The maximum atomic E-state index is 12.7. The van der Waals surface area contributed by atoms with Crippen LogP contribution < -0.4 is 0 Å². The minimum absolute atomic E-state index is 0.0950. The van der Waals surface area contributed by atoms with Crippen molar-refractivity contribution in [3.8, 4) is 0 Å². The molecular formula is C19H27N3O2. The topological polar surface area (TPSA) is 43.9 Å². The number of carbonyl (C=O) groups excluding carboxylic acids is 2. The second kappa shape index (κ2) is 7.79. The molecule has 2 fully saturated rings. The average molecular weight is 329 g/mol. The normalized spacial score (nSPS) is 22.5. The third-order valence-electron chi connectivity index (χ3n) is 5.17. The Balaban J connectivity index is 1.72. The monoisotopic (exact) mass is 329 g/mol. The molecule has 2 amide bonds. The summed E-state index contributed by atoms with van der Waals surface area (Å²) in [5, 5.41) is 0. The summed E-state index contributed by atoms with van der Waals surface area (Å²) in [4.78, 5) is 30.6. The minimum Gasteiger partial charge on any atom is -0.342 e. The van der Waals surface area contributed by atoms with Crippen molar-refractivity contribution in [1.29, 1.82) is 0 Å². The van der Waals surface area contributed by atoms with Gasteiger partial charge in [0.2, 0.25) is 11.8 Å². The van der Waals surface area contributed by atoms with Gasteiger partial charge in [0.25, 0.3) is 0 Å². The number of amides is 2. The van der Waals surface area contributed by atoms with Crippen LogP contribution in [0.15, 0.2) is 30.3 Å². The Morgan fingerprint density at radius 3 is 2.33 bits per heavy atom. The van der Waals surface area contributed by atoms with Crippen LogP contribution in [0.2, 0.25) is 0 Å². The highest BCUT2D eigenvalue weighted by Gasteiger charge is 2.31. The van der Waals surface area contributed by atoms with Crippen molar-refractivity contribution in [2.75, 3.05) is 39.3 Å². The zero-order valence-electron chi connectivity index (χ0n) is 14.5. The van der Waals surface area contributed by atoms with Gasteiger partial charge in [0.05, 0.1) is 12.6 Å². The molecule has 0 bridgehead atoms. The zero-order valence-corrected chi connectivity index (χ0v) is 14.5. The largest absolute Gasteiger partial charge is 0.342 e. The van der Waals surface area contributed by atoms with Gasteiger partial charge in [-0.3, -0.25) is 14.5 Å². The summed E-state index contributed by atoms with van der Waals surface area (Å²) >= 11 is 0. The Morgan fingerprint density at radius 2 is 1.67 bits per heavy atom. The van der Waals surface area contributed by atoms with E-state index in [1.165, 1.54) is 12.0 Å². The fourth-order valence-corrected chi connectivity index (χ4v) is 3.70. The number of piperidine rings is 1. The van der Waals surface area contributed by atoms with E-state index in [-0.39, 0.29) is 17.9 Å². The molecule has 2 aliphatic heterocycles. The number of hydrogen-bond acceptors (Lipinski definition) is 3. The molecule has 5 heteroatoms. The summed E-state index contributed by atoms with van der Waals surface area (Å²) in [5.41, 5.74) is 1.18. The Kier molecular flexibility index (Phi) is 5.51. The van der Waals surface area contributed by atoms with Gasteiger partial charge < -0.3 is 9.80 Å². The smallest absolute Gasteiger partial charge is 0.236 e. The van der Waals surface area contributed by atoms with Crippen LogP contribution in [0, 0.1) is 0 Å². The number of piperazine rings is 1. The highest BCUT2D eigenvalue weighted by Crippen LogP contribution is 2.25. The molecule has 5 nitrogen and oxygen atoms in total. The maximum Gasteiger partial charge on any atom is 0.236 e. The first kappa shape index (κ1) is 17.0. The van der Waals surface area contributed by atoms with E-state index >= 15 is 0 Å². The van der Waals surface area contributed by atoms with Crippen molar-refractivity contribution in [3.05, 3.63) is 35.9 Å². The van der Waals surface area contributed by atoms with Crippen LogP contribution in [-0.2, 0) is 9.59 Å². The number of hydrogen-bond donors (Lipinski definition) is 0. The van der Waals surface area contributed by atoms with Gasteiger partial charge in [-0.05, 0) is 24.8 Å². The summed E-state index contributed by atoms with van der Waals surface area (Å²) in [6.07, 6.45) is 3.46. The summed E-state index contributed by atoms with van der Waals surface area (Å²) in [6, 6.07) is 10.3. The Hall–Kier alpha value is -1.88. The first-order valence-corrected chi connectivity index (χ1v) is 8.97. The van der Waals surface area contributed by atoms with Gasteiger partial charge in [0.1, 0.15) is 0 Å². The Morgan fingerprint density at radius 1 is 0.958 bits per heavy atom. The quantitative estimate of drug-likeness (QED) is 0.851. The summed E-state index contributed by atoms with van der Waals surface area (Å²) in [6.45, 7) is 5.96. The SMILES string of the molecule is CC(=O)N1CCN(CC(=O)N2CCCCC2)[C@H](c2ccccc2)C1. The van der Waals surface area contributed by atoms with Crippen LogP contribution in [0.5, 0.6) is 0 Å². The van der Waals surface area contributed by atoms with E-state index in [1.54, 1.807) is 6.92 Å². The predicted octanol–water partition coefficient (Wildman–Crippen LogP) is 1.90. The first-order chi connectivity index (χ1) is 11.6. The maximum absolute atomic E-state index is 12.7. The van der Waals surface area contributed by atoms with Crippen molar-refractivity contribution in [2.45, 2.75) is 32.2 Å². The average Bonchev–Trinajstić information content (AvgIpc) is 2.63. The van der Waals surface area contributed by atoms with Crippen molar-refractivity contribution in [2.24, 2.45) is 0 Å². The molecule has 2 heterocycles. The molecule has 0 aromatic heterocycles. The van der Waals surface area contributed by atoms with E-state index in [2.05, 4.69) is 17.0 Å². The van der Waals surface area contributed by atoms with E-state index in [9.17, 15) is 9.59 Å². The zero-order chi connectivity index (χ0) is 16.9. The van der Waals surface area contributed by atoms with Crippen LogP contribution in [0.4, 0.5) is 0 Å². The standard InChI is InChI=1S/C19H27N3O2/c1-16(23)21-12-13-22(15-19(24)20-10-6-3-7-11-20)18(14-21)17-8-4-2-5-9-17/h2,4-5,8-9,18H,3,6-7,10-15H2,1H3/t18-/m0/s1. The number of benzene rings is 1. The Labute approximate surface area is 144 Å². The lowest BCUT2D eigenvalue weighted by Crippen LogP contribution is -2.53.